The van der Waals surface area contributed by atoms with Gasteiger partial charge in [0.1, 0.15) is 5.82 Å². The smallest absolute Gasteiger partial charge is 0.126 e. The van der Waals surface area contributed by atoms with Gasteiger partial charge in [-0.15, -0.1) is 0 Å². The Morgan fingerprint density at radius 2 is 2.25 bits per heavy atom. The van der Waals surface area contributed by atoms with Crippen molar-refractivity contribution in [3.05, 3.63) is 30.6 Å². The van der Waals surface area contributed by atoms with Crippen LogP contribution in [0.15, 0.2) is 30.6 Å². The van der Waals surface area contributed by atoms with Crippen LogP contribution in [-0.2, 0) is 6.54 Å². The van der Waals surface area contributed by atoms with E-state index in [-0.39, 0.29) is 0 Å². The topological polar surface area (TPSA) is 42.7 Å². The lowest BCUT2D eigenvalue weighted by molar-refractivity contribution is 0.603. The van der Waals surface area contributed by atoms with E-state index >= 15 is 0 Å². The molecule has 16 heavy (non-hydrogen) atoms. The highest BCUT2D eigenvalue weighted by Crippen LogP contribution is 2.17. The SMILES string of the molecule is CCCn1cc(-c2cccc(NC)n2)cn1. The fraction of sp³-hybridized carbons (Fsp3) is 0.333. The molecular formula is C12H16N4. The van der Waals surface area contributed by atoms with Crippen LogP contribution in [0.4, 0.5) is 5.82 Å². The van der Waals surface area contributed by atoms with Crippen LogP contribution in [0, 0.1) is 0 Å². The van der Waals surface area contributed by atoms with Gasteiger partial charge in [0.2, 0.25) is 0 Å². The van der Waals surface area contributed by atoms with Crippen molar-refractivity contribution in [2.75, 3.05) is 12.4 Å². The number of aromatic nitrogens is 3. The minimum absolute atomic E-state index is 0.876. The van der Waals surface area contributed by atoms with Crippen molar-refractivity contribution in [3.63, 3.8) is 0 Å². The number of pyridine rings is 1. The molecule has 0 fully saturated rings. The second-order valence-corrected chi connectivity index (χ2v) is 3.65. The lowest BCUT2D eigenvalue weighted by atomic mass is 10.2. The minimum Gasteiger partial charge on any atom is -0.373 e. The van der Waals surface area contributed by atoms with E-state index in [1.807, 2.05) is 42.3 Å². The number of anilines is 1. The molecule has 0 aliphatic heterocycles. The molecule has 0 saturated carbocycles. The lowest BCUT2D eigenvalue weighted by Gasteiger charge is -2.01. The van der Waals surface area contributed by atoms with Crippen LogP contribution in [0.1, 0.15) is 13.3 Å². The van der Waals surface area contributed by atoms with Crippen LogP contribution in [0.25, 0.3) is 11.3 Å². The summed E-state index contributed by atoms with van der Waals surface area (Å²) >= 11 is 0. The second-order valence-electron chi connectivity index (χ2n) is 3.65. The van der Waals surface area contributed by atoms with Crippen LogP contribution in [0.2, 0.25) is 0 Å². The van der Waals surface area contributed by atoms with Crippen molar-refractivity contribution in [1.29, 1.82) is 0 Å². The molecular weight excluding hydrogens is 200 g/mol. The zero-order valence-corrected chi connectivity index (χ0v) is 9.64. The Labute approximate surface area is 95.3 Å². The number of rotatable bonds is 4. The Hall–Kier alpha value is -1.84. The van der Waals surface area contributed by atoms with Crippen LogP contribution < -0.4 is 5.32 Å². The van der Waals surface area contributed by atoms with Crippen molar-refractivity contribution in [1.82, 2.24) is 14.8 Å². The summed E-state index contributed by atoms with van der Waals surface area (Å²) in [6.07, 6.45) is 4.98. The Balaban J connectivity index is 2.27. The highest BCUT2D eigenvalue weighted by Gasteiger charge is 2.03. The molecule has 0 spiro atoms. The molecule has 0 aliphatic carbocycles. The zero-order valence-electron chi connectivity index (χ0n) is 9.64. The van der Waals surface area contributed by atoms with Crippen molar-refractivity contribution >= 4 is 5.82 Å². The first-order valence-corrected chi connectivity index (χ1v) is 5.51. The van der Waals surface area contributed by atoms with Gasteiger partial charge >= 0.3 is 0 Å². The van der Waals surface area contributed by atoms with Gasteiger partial charge in [0, 0.05) is 25.4 Å². The van der Waals surface area contributed by atoms with Gasteiger partial charge in [0.05, 0.1) is 11.9 Å². The summed E-state index contributed by atoms with van der Waals surface area (Å²) in [4.78, 5) is 4.47. The molecule has 4 nitrogen and oxygen atoms in total. The summed E-state index contributed by atoms with van der Waals surface area (Å²) in [6, 6.07) is 5.93. The molecule has 2 rings (SSSR count). The standard InChI is InChI=1S/C12H16N4/c1-3-7-16-9-10(8-14-16)11-5-4-6-12(13-2)15-11/h4-6,8-9H,3,7H2,1-2H3,(H,13,15). The molecule has 2 heterocycles. The number of nitrogens with zero attached hydrogens (tertiary/aromatic N) is 3. The fourth-order valence-corrected chi connectivity index (χ4v) is 1.58. The predicted octanol–water partition coefficient (Wildman–Crippen LogP) is 2.40. The molecule has 2 aromatic rings. The van der Waals surface area contributed by atoms with Crippen LogP contribution in [0.3, 0.4) is 0 Å². The number of aryl methyl sites for hydroxylation is 1. The average Bonchev–Trinajstić information content (AvgIpc) is 2.78. The summed E-state index contributed by atoms with van der Waals surface area (Å²) in [5, 5.41) is 7.32. The molecule has 1 N–H and O–H groups in total. The van der Waals surface area contributed by atoms with E-state index in [1.54, 1.807) is 0 Å². The van der Waals surface area contributed by atoms with Gasteiger partial charge in [-0.2, -0.15) is 5.10 Å². The molecule has 0 unspecified atom stereocenters. The van der Waals surface area contributed by atoms with Crippen molar-refractivity contribution in [2.24, 2.45) is 0 Å². The summed E-state index contributed by atoms with van der Waals surface area (Å²) in [5.41, 5.74) is 2.01. The second kappa shape index (κ2) is 4.79. The molecule has 0 aromatic carbocycles. The third kappa shape index (κ3) is 2.21. The van der Waals surface area contributed by atoms with E-state index in [4.69, 9.17) is 0 Å². The first-order valence-electron chi connectivity index (χ1n) is 5.51. The number of nitrogens with one attached hydrogen (secondary N) is 1. The minimum atomic E-state index is 0.876. The largest absolute Gasteiger partial charge is 0.373 e. The monoisotopic (exact) mass is 216 g/mol. The van der Waals surface area contributed by atoms with E-state index in [2.05, 4.69) is 22.3 Å². The molecule has 0 bridgehead atoms. The van der Waals surface area contributed by atoms with Gasteiger partial charge in [-0.1, -0.05) is 13.0 Å². The average molecular weight is 216 g/mol. The zero-order chi connectivity index (χ0) is 11.4. The maximum absolute atomic E-state index is 4.47. The van der Waals surface area contributed by atoms with E-state index in [1.165, 1.54) is 0 Å². The van der Waals surface area contributed by atoms with Crippen LogP contribution in [0.5, 0.6) is 0 Å². The number of hydrogen-bond acceptors (Lipinski definition) is 3. The van der Waals surface area contributed by atoms with E-state index in [9.17, 15) is 0 Å². The Kier molecular flexibility index (Phi) is 3.19. The van der Waals surface area contributed by atoms with E-state index in [0.29, 0.717) is 0 Å². The summed E-state index contributed by atoms with van der Waals surface area (Å²) in [6.45, 7) is 3.09. The third-order valence-electron chi connectivity index (χ3n) is 2.39. The van der Waals surface area contributed by atoms with Crippen molar-refractivity contribution < 1.29 is 0 Å². The molecule has 0 radical (unpaired) electrons. The van der Waals surface area contributed by atoms with E-state index in [0.717, 1.165) is 30.0 Å². The molecule has 84 valence electrons. The quantitative estimate of drug-likeness (QED) is 0.853. The van der Waals surface area contributed by atoms with Gasteiger partial charge in [0.15, 0.2) is 0 Å². The van der Waals surface area contributed by atoms with Gasteiger partial charge in [0.25, 0.3) is 0 Å². The Morgan fingerprint density at radius 3 is 3.00 bits per heavy atom. The van der Waals surface area contributed by atoms with Crippen molar-refractivity contribution in [3.8, 4) is 11.3 Å². The summed E-state index contributed by atoms with van der Waals surface area (Å²) in [5.74, 6) is 0.876. The molecule has 0 saturated heterocycles. The maximum atomic E-state index is 4.47. The van der Waals surface area contributed by atoms with Gasteiger partial charge in [-0.05, 0) is 18.6 Å². The van der Waals surface area contributed by atoms with Crippen molar-refractivity contribution in [2.45, 2.75) is 19.9 Å². The molecule has 0 atom stereocenters. The maximum Gasteiger partial charge on any atom is 0.126 e. The highest BCUT2D eigenvalue weighted by molar-refractivity contribution is 5.59. The molecule has 4 heteroatoms. The van der Waals surface area contributed by atoms with Gasteiger partial charge in [-0.3, -0.25) is 4.68 Å². The third-order valence-corrected chi connectivity index (χ3v) is 2.39. The predicted molar refractivity (Wildman–Crippen MR) is 65.3 cm³/mol. The van der Waals surface area contributed by atoms with E-state index < -0.39 is 0 Å². The fourth-order valence-electron chi connectivity index (χ4n) is 1.58. The lowest BCUT2D eigenvalue weighted by Crippen LogP contribution is -1.95. The Bertz CT molecular complexity index is 462. The normalized spacial score (nSPS) is 10.4. The van der Waals surface area contributed by atoms with Gasteiger partial charge in [-0.25, -0.2) is 4.98 Å². The summed E-state index contributed by atoms with van der Waals surface area (Å²) < 4.78 is 1.95. The molecule has 2 aromatic heterocycles. The Morgan fingerprint density at radius 1 is 1.38 bits per heavy atom. The first-order chi connectivity index (χ1) is 7.83. The van der Waals surface area contributed by atoms with Crippen LogP contribution >= 0.6 is 0 Å². The van der Waals surface area contributed by atoms with Gasteiger partial charge < -0.3 is 5.32 Å². The number of hydrogen-bond donors (Lipinski definition) is 1. The first kappa shape index (κ1) is 10.7. The molecule has 0 amide bonds. The summed E-state index contributed by atoms with van der Waals surface area (Å²) in [7, 11) is 1.87. The highest BCUT2D eigenvalue weighted by atomic mass is 15.3. The molecule has 0 aliphatic rings. The van der Waals surface area contributed by atoms with Crippen LogP contribution in [-0.4, -0.2) is 21.8 Å².